The van der Waals surface area contributed by atoms with Gasteiger partial charge in [0, 0.05) is 30.8 Å². The van der Waals surface area contributed by atoms with Crippen LogP contribution >= 0.6 is 0 Å². The van der Waals surface area contributed by atoms with Gasteiger partial charge in [0.05, 0.1) is 13.7 Å². The molecule has 0 atom stereocenters. The molecule has 0 spiro atoms. The van der Waals surface area contributed by atoms with Crippen molar-refractivity contribution in [3.05, 3.63) is 35.4 Å². The number of rotatable bonds is 8. The van der Waals surface area contributed by atoms with E-state index in [4.69, 9.17) is 14.9 Å². The summed E-state index contributed by atoms with van der Waals surface area (Å²) < 4.78 is 5.36. The molecular formula is C16H23NO4. The van der Waals surface area contributed by atoms with Gasteiger partial charge < -0.3 is 14.9 Å². The van der Waals surface area contributed by atoms with Crippen molar-refractivity contribution in [2.24, 2.45) is 0 Å². The van der Waals surface area contributed by atoms with Crippen LogP contribution in [0.25, 0.3) is 6.08 Å². The summed E-state index contributed by atoms with van der Waals surface area (Å²) >= 11 is 0. The predicted molar refractivity (Wildman–Crippen MR) is 82.3 cm³/mol. The molecule has 1 aromatic carbocycles. The number of ether oxygens (including phenoxy) is 1. The first kappa shape index (κ1) is 17.2. The fourth-order valence-electron chi connectivity index (χ4n) is 2.06. The van der Waals surface area contributed by atoms with Crippen LogP contribution in [-0.2, 0) is 11.3 Å². The molecule has 0 aliphatic heterocycles. The zero-order valence-electron chi connectivity index (χ0n) is 12.7. The first-order chi connectivity index (χ1) is 9.97. The topological polar surface area (TPSA) is 70.0 Å². The molecule has 0 aliphatic carbocycles. The zero-order chi connectivity index (χ0) is 15.8. The number of carbonyl (C=O) groups is 1. The molecule has 0 saturated carbocycles. The Morgan fingerprint density at radius 1 is 1.43 bits per heavy atom. The summed E-state index contributed by atoms with van der Waals surface area (Å²) in [5, 5.41) is 17.8. The van der Waals surface area contributed by atoms with Crippen LogP contribution in [0.15, 0.2) is 24.3 Å². The van der Waals surface area contributed by atoms with Crippen molar-refractivity contribution in [3.8, 4) is 5.75 Å². The quantitative estimate of drug-likeness (QED) is 0.717. The van der Waals surface area contributed by atoms with Crippen molar-refractivity contribution in [1.29, 1.82) is 0 Å². The van der Waals surface area contributed by atoms with E-state index >= 15 is 0 Å². The minimum atomic E-state index is -0.976. The van der Waals surface area contributed by atoms with Crippen LogP contribution in [0.4, 0.5) is 0 Å². The molecule has 5 nitrogen and oxygen atoms in total. The Hall–Kier alpha value is -1.85. The number of hydrogen-bond acceptors (Lipinski definition) is 4. The lowest BCUT2D eigenvalue weighted by atomic mass is 10.1. The molecule has 0 aliphatic rings. The van der Waals surface area contributed by atoms with Crippen molar-refractivity contribution in [2.75, 3.05) is 20.3 Å². The standard InChI is InChI=1S/C16H23NO4/c1-12(2)17(8-9-18)11-14-10-13(5-7-16(19)20)4-6-15(14)21-3/h4-7,10,12,18H,8-9,11H2,1-3H3,(H,19,20). The van der Waals surface area contributed by atoms with Gasteiger partial charge in [-0.25, -0.2) is 4.79 Å². The van der Waals surface area contributed by atoms with E-state index in [9.17, 15) is 4.79 Å². The van der Waals surface area contributed by atoms with Crippen LogP contribution in [0, 0.1) is 0 Å². The zero-order valence-corrected chi connectivity index (χ0v) is 12.7. The maximum Gasteiger partial charge on any atom is 0.328 e. The van der Waals surface area contributed by atoms with Crippen LogP contribution in [0.1, 0.15) is 25.0 Å². The fraction of sp³-hybridized carbons (Fsp3) is 0.438. The average Bonchev–Trinajstić information content (AvgIpc) is 2.44. The van der Waals surface area contributed by atoms with E-state index in [2.05, 4.69) is 18.7 Å². The maximum absolute atomic E-state index is 10.6. The largest absolute Gasteiger partial charge is 0.496 e. The molecule has 5 heteroatoms. The fourth-order valence-corrected chi connectivity index (χ4v) is 2.06. The maximum atomic E-state index is 10.6. The van der Waals surface area contributed by atoms with Gasteiger partial charge in [-0.2, -0.15) is 0 Å². The molecule has 0 radical (unpaired) electrons. The Balaban J connectivity index is 3.01. The Bertz CT molecular complexity index is 497. The number of nitrogens with zero attached hydrogens (tertiary/aromatic N) is 1. The van der Waals surface area contributed by atoms with Crippen LogP contribution in [0.5, 0.6) is 5.75 Å². The number of aliphatic hydroxyl groups is 1. The predicted octanol–water partition coefficient (Wildman–Crippen LogP) is 2.00. The van der Waals surface area contributed by atoms with Gasteiger partial charge in [-0.05, 0) is 37.6 Å². The monoisotopic (exact) mass is 293 g/mol. The van der Waals surface area contributed by atoms with Gasteiger partial charge in [-0.15, -0.1) is 0 Å². The van der Waals surface area contributed by atoms with Gasteiger partial charge in [0.1, 0.15) is 5.75 Å². The third-order valence-corrected chi connectivity index (χ3v) is 3.21. The normalized spacial score (nSPS) is 11.5. The summed E-state index contributed by atoms with van der Waals surface area (Å²) in [6, 6.07) is 5.84. The van der Waals surface area contributed by atoms with E-state index in [1.807, 2.05) is 18.2 Å². The highest BCUT2D eigenvalue weighted by molar-refractivity contribution is 5.85. The minimum absolute atomic E-state index is 0.0963. The lowest BCUT2D eigenvalue weighted by Gasteiger charge is -2.26. The molecule has 116 valence electrons. The molecule has 0 bridgehead atoms. The molecule has 0 amide bonds. The van der Waals surface area contributed by atoms with E-state index < -0.39 is 5.97 Å². The van der Waals surface area contributed by atoms with Gasteiger partial charge in [-0.1, -0.05) is 6.07 Å². The van der Waals surface area contributed by atoms with Gasteiger partial charge in [0.25, 0.3) is 0 Å². The summed E-state index contributed by atoms with van der Waals surface area (Å²) in [6.45, 7) is 5.44. The highest BCUT2D eigenvalue weighted by atomic mass is 16.5. The number of aliphatic carboxylic acids is 1. The van der Waals surface area contributed by atoms with Crippen LogP contribution in [0.2, 0.25) is 0 Å². The second kappa shape index (κ2) is 8.44. The van der Waals surface area contributed by atoms with Crippen molar-refractivity contribution >= 4 is 12.0 Å². The molecular weight excluding hydrogens is 270 g/mol. The number of benzene rings is 1. The second-order valence-electron chi connectivity index (χ2n) is 5.03. The van der Waals surface area contributed by atoms with Crippen molar-refractivity contribution < 1.29 is 19.7 Å². The van der Waals surface area contributed by atoms with Crippen molar-refractivity contribution in [1.82, 2.24) is 4.90 Å². The van der Waals surface area contributed by atoms with Crippen molar-refractivity contribution in [3.63, 3.8) is 0 Å². The summed E-state index contributed by atoms with van der Waals surface area (Å²) in [6.07, 6.45) is 2.66. The smallest absolute Gasteiger partial charge is 0.328 e. The van der Waals surface area contributed by atoms with E-state index in [0.717, 1.165) is 23.0 Å². The van der Waals surface area contributed by atoms with Crippen LogP contribution in [-0.4, -0.2) is 47.4 Å². The molecule has 0 saturated heterocycles. The average molecular weight is 293 g/mol. The van der Waals surface area contributed by atoms with E-state index in [1.165, 1.54) is 0 Å². The summed E-state index contributed by atoms with van der Waals surface area (Å²) in [7, 11) is 1.61. The Labute approximate surface area is 125 Å². The van der Waals surface area contributed by atoms with E-state index in [-0.39, 0.29) is 6.61 Å². The highest BCUT2D eigenvalue weighted by Gasteiger charge is 2.13. The number of carboxylic acid groups (broad SMARTS) is 1. The van der Waals surface area contributed by atoms with Crippen LogP contribution < -0.4 is 4.74 Å². The Morgan fingerprint density at radius 3 is 2.67 bits per heavy atom. The molecule has 21 heavy (non-hydrogen) atoms. The lowest BCUT2D eigenvalue weighted by Crippen LogP contribution is -2.33. The van der Waals surface area contributed by atoms with Gasteiger partial charge in [-0.3, -0.25) is 4.90 Å². The number of carboxylic acids is 1. The van der Waals surface area contributed by atoms with Crippen molar-refractivity contribution in [2.45, 2.75) is 26.4 Å². The van der Waals surface area contributed by atoms with E-state index in [0.29, 0.717) is 19.1 Å². The van der Waals surface area contributed by atoms with Gasteiger partial charge in [0.15, 0.2) is 0 Å². The molecule has 0 unspecified atom stereocenters. The third-order valence-electron chi connectivity index (χ3n) is 3.21. The van der Waals surface area contributed by atoms with Gasteiger partial charge in [0.2, 0.25) is 0 Å². The summed E-state index contributed by atoms with van der Waals surface area (Å²) in [5.41, 5.74) is 1.77. The number of methoxy groups -OCH3 is 1. The second-order valence-corrected chi connectivity index (χ2v) is 5.03. The molecule has 1 rings (SSSR count). The summed E-state index contributed by atoms with van der Waals surface area (Å²) in [5.74, 6) is -0.220. The first-order valence-electron chi connectivity index (χ1n) is 6.90. The molecule has 1 aromatic rings. The van der Waals surface area contributed by atoms with E-state index in [1.54, 1.807) is 13.2 Å². The summed E-state index contributed by atoms with van der Waals surface area (Å²) in [4.78, 5) is 12.7. The van der Waals surface area contributed by atoms with Crippen LogP contribution in [0.3, 0.4) is 0 Å². The Morgan fingerprint density at radius 2 is 2.14 bits per heavy atom. The number of aliphatic hydroxyl groups excluding tert-OH is 1. The Kier molecular flexibility index (Phi) is 6.91. The molecule has 0 heterocycles. The molecule has 0 aromatic heterocycles. The third kappa shape index (κ3) is 5.57. The first-order valence-corrected chi connectivity index (χ1v) is 6.90. The lowest BCUT2D eigenvalue weighted by molar-refractivity contribution is -0.131. The molecule has 0 fully saturated rings. The number of hydrogen-bond donors (Lipinski definition) is 2. The van der Waals surface area contributed by atoms with Gasteiger partial charge >= 0.3 is 5.97 Å². The molecule has 2 N–H and O–H groups in total. The highest BCUT2D eigenvalue weighted by Crippen LogP contribution is 2.23. The minimum Gasteiger partial charge on any atom is -0.496 e. The SMILES string of the molecule is COc1ccc(C=CC(=O)O)cc1CN(CCO)C(C)C.